The van der Waals surface area contributed by atoms with Crippen molar-refractivity contribution in [3.8, 4) is 0 Å². The van der Waals surface area contributed by atoms with Crippen molar-refractivity contribution in [1.29, 1.82) is 0 Å². The molecule has 0 heteroatoms. The highest BCUT2D eigenvalue weighted by molar-refractivity contribution is 5.01. The Morgan fingerprint density at radius 3 is 1.67 bits per heavy atom. The van der Waals surface area contributed by atoms with Crippen LogP contribution in [0.1, 0.15) is 85.0 Å². The third kappa shape index (κ3) is 10.0. The van der Waals surface area contributed by atoms with Crippen LogP contribution in [0.5, 0.6) is 0 Å². The number of hydrogen-bond donors (Lipinski definition) is 0. The first-order valence-corrected chi connectivity index (χ1v) is 7.03. The van der Waals surface area contributed by atoms with Crippen LogP contribution in [0.15, 0.2) is 11.6 Å². The highest BCUT2D eigenvalue weighted by Crippen LogP contribution is 2.17. The van der Waals surface area contributed by atoms with Crippen LogP contribution in [-0.4, -0.2) is 0 Å². The average molecular weight is 210 g/mol. The van der Waals surface area contributed by atoms with Gasteiger partial charge in [0.2, 0.25) is 0 Å². The molecule has 0 rings (SSSR count). The number of rotatable bonds is 10. The average Bonchev–Trinajstić information content (AvgIpc) is 2.25. The van der Waals surface area contributed by atoms with Crippen LogP contribution in [0.4, 0.5) is 0 Å². The van der Waals surface area contributed by atoms with Gasteiger partial charge in [0, 0.05) is 0 Å². The topological polar surface area (TPSA) is 0 Å². The molecule has 0 fully saturated rings. The molecule has 0 aromatic heterocycles. The Labute approximate surface area is 97.2 Å². The van der Waals surface area contributed by atoms with Gasteiger partial charge in [-0.3, -0.25) is 0 Å². The van der Waals surface area contributed by atoms with Crippen LogP contribution in [-0.2, 0) is 0 Å². The Morgan fingerprint density at radius 1 is 0.733 bits per heavy atom. The van der Waals surface area contributed by atoms with E-state index in [9.17, 15) is 0 Å². The third-order valence-corrected chi connectivity index (χ3v) is 2.92. The zero-order valence-corrected chi connectivity index (χ0v) is 11.1. The normalized spacial score (nSPS) is 10.3. The van der Waals surface area contributed by atoms with E-state index in [0.29, 0.717) is 0 Å². The SMILES string of the molecule is CCCC=C(CCCCC)CCCCC. The Kier molecular flexibility index (Phi) is 11.6. The minimum Gasteiger partial charge on any atom is -0.0853 e. The monoisotopic (exact) mass is 210 g/mol. The van der Waals surface area contributed by atoms with Gasteiger partial charge in [-0.05, 0) is 32.1 Å². The van der Waals surface area contributed by atoms with Crippen molar-refractivity contribution in [3.05, 3.63) is 11.6 Å². The maximum absolute atomic E-state index is 2.51. The molecular weight excluding hydrogens is 180 g/mol. The highest BCUT2D eigenvalue weighted by atomic mass is 14.0. The molecular formula is C15H30. The summed E-state index contributed by atoms with van der Waals surface area (Å²) < 4.78 is 0. The van der Waals surface area contributed by atoms with Gasteiger partial charge in [-0.15, -0.1) is 0 Å². The summed E-state index contributed by atoms with van der Waals surface area (Å²) >= 11 is 0. The van der Waals surface area contributed by atoms with Crippen LogP contribution in [0.3, 0.4) is 0 Å². The molecule has 0 aromatic carbocycles. The summed E-state index contributed by atoms with van der Waals surface area (Å²) in [6.45, 7) is 6.84. The van der Waals surface area contributed by atoms with E-state index in [0.717, 1.165) is 0 Å². The summed E-state index contributed by atoms with van der Waals surface area (Å²) in [6, 6.07) is 0. The second-order valence-corrected chi connectivity index (χ2v) is 4.57. The van der Waals surface area contributed by atoms with E-state index in [2.05, 4.69) is 26.8 Å². The summed E-state index contributed by atoms with van der Waals surface area (Å²) in [4.78, 5) is 0. The van der Waals surface area contributed by atoms with Crippen LogP contribution in [0.25, 0.3) is 0 Å². The lowest BCUT2D eigenvalue weighted by Gasteiger charge is -2.07. The van der Waals surface area contributed by atoms with Crippen LogP contribution >= 0.6 is 0 Å². The second kappa shape index (κ2) is 11.8. The van der Waals surface area contributed by atoms with E-state index in [1.165, 1.54) is 64.2 Å². The predicted molar refractivity (Wildman–Crippen MR) is 71.3 cm³/mol. The first-order chi connectivity index (χ1) is 7.35. The quantitative estimate of drug-likeness (QED) is 0.312. The molecule has 0 saturated heterocycles. The van der Waals surface area contributed by atoms with Crippen molar-refractivity contribution in [2.45, 2.75) is 85.0 Å². The first-order valence-electron chi connectivity index (χ1n) is 7.03. The van der Waals surface area contributed by atoms with Gasteiger partial charge in [-0.25, -0.2) is 0 Å². The smallest absolute Gasteiger partial charge is 0.0320 e. The molecule has 0 saturated carbocycles. The van der Waals surface area contributed by atoms with E-state index in [-0.39, 0.29) is 0 Å². The van der Waals surface area contributed by atoms with Crippen molar-refractivity contribution >= 4 is 0 Å². The van der Waals surface area contributed by atoms with Crippen LogP contribution < -0.4 is 0 Å². The Hall–Kier alpha value is -0.260. The van der Waals surface area contributed by atoms with Crippen molar-refractivity contribution in [2.75, 3.05) is 0 Å². The fourth-order valence-electron chi connectivity index (χ4n) is 1.88. The Balaban J connectivity index is 3.73. The largest absolute Gasteiger partial charge is 0.0853 e. The zero-order valence-electron chi connectivity index (χ0n) is 11.1. The van der Waals surface area contributed by atoms with Gasteiger partial charge in [0.25, 0.3) is 0 Å². The molecule has 0 heterocycles. The van der Waals surface area contributed by atoms with Gasteiger partial charge < -0.3 is 0 Å². The second-order valence-electron chi connectivity index (χ2n) is 4.57. The lowest BCUT2D eigenvalue weighted by Crippen LogP contribution is -1.87. The van der Waals surface area contributed by atoms with Crippen molar-refractivity contribution in [2.24, 2.45) is 0 Å². The van der Waals surface area contributed by atoms with Gasteiger partial charge in [0.15, 0.2) is 0 Å². The fraction of sp³-hybridized carbons (Fsp3) is 0.867. The molecule has 0 nitrogen and oxygen atoms in total. The maximum atomic E-state index is 2.51. The van der Waals surface area contributed by atoms with Gasteiger partial charge in [0.1, 0.15) is 0 Å². The van der Waals surface area contributed by atoms with E-state index < -0.39 is 0 Å². The molecule has 0 bridgehead atoms. The molecule has 90 valence electrons. The van der Waals surface area contributed by atoms with Crippen LogP contribution in [0.2, 0.25) is 0 Å². The Bertz CT molecular complexity index is 132. The van der Waals surface area contributed by atoms with Gasteiger partial charge in [-0.1, -0.05) is 64.5 Å². The fourth-order valence-corrected chi connectivity index (χ4v) is 1.88. The third-order valence-electron chi connectivity index (χ3n) is 2.92. The Morgan fingerprint density at radius 2 is 1.27 bits per heavy atom. The molecule has 0 aromatic rings. The molecule has 0 unspecified atom stereocenters. The number of hydrogen-bond acceptors (Lipinski definition) is 0. The summed E-state index contributed by atoms with van der Waals surface area (Å²) in [5.41, 5.74) is 1.73. The molecule has 0 aliphatic carbocycles. The molecule has 0 aliphatic rings. The number of unbranched alkanes of at least 4 members (excludes halogenated alkanes) is 5. The minimum atomic E-state index is 1.29. The van der Waals surface area contributed by atoms with E-state index in [1.807, 2.05) is 0 Å². The first kappa shape index (κ1) is 14.7. The van der Waals surface area contributed by atoms with Crippen molar-refractivity contribution in [3.63, 3.8) is 0 Å². The summed E-state index contributed by atoms with van der Waals surface area (Å²) in [7, 11) is 0. The molecule has 0 spiro atoms. The molecule has 0 aliphatic heterocycles. The summed E-state index contributed by atoms with van der Waals surface area (Å²) in [6.07, 6.45) is 16.1. The molecule has 0 amide bonds. The zero-order chi connectivity index (χ0) is 11.4. The lowest BCUT2D eigenvalue weighted by atomic mass is 10.00. The molecule has 0 atom stereocenters. The molecule has 0 radical (unpaired) electrons. The van der Waals surface area contributed by atoms with Crippen molar-refractivity contribution < 1.29 is 0 Å². The van der Waals surface area contributed by atoms with Gasteiger partial charge in [-0.2, -0.15) is 0 Å². The summed E-state index contributed by atoms with van der Waals surface area (Å²) in [5, 5.41) is 0. The standard InChI is InChI=1S/C15H30/c1-4-7-10-13-15(12-9-6-3)14-11-8-5-2/h12H,4-11,13-14H2,1-3H3. The minimum absolute atomic E-state index is 1.29. The number of allylic oxidation sites excluding steroid dienone is 2. The van der Waals surface area contributed by atoms with Gasteiger partial charge >= 0.3 is 0 Å². The summed E-state index contributed by atoms with van der Waals surface area (Å²) in [5.74, 6) is 0. The highest BCUT2D eigenvalue weighted by Gasteiger charge is 1.97. The molecule has 0 N–H and O–H groups in total. The maximum Gasteiger partial charge on any atom is -0.0320 e. The van der Waals surface area contributed by atoms with Crippen LogP contribution in [0, 0.1) is 0 Å². The van der Waals surface area contributed by atoms with E-state index >= 15 is 0 Å². The van der Waals surface area contributed by atoms with E-state index in [4.69, 9.17) is 0 Å². The lowest BCUT2D eigenvalue weighted by molar-refractivity contribution is 0.655. The van der Waals surface area contributed by atoms with Crippen molar-refractivity contribution in [1.82, 2.24) is 0 Å². The van der Waals surface area contributed by atoms with Gasteiger partial charge in [0.05, 0.1) is 0 Å². The predicted octanol–water partition coefficient (Wildman–Crippen LogP) is 5.87. The van der Waals surface area contributed by atoms with E-state index in [1.54, 1.807) is 5.57 Å². The molecule has 15 heavy (non-hydrogen) atoms.